The Hall–Kier alpha value is -2.76. The van der Waals surface area contributed by atoms with Crippen LogP contribution in [-0.4, -0.2) is 54.6 Å². The van der Waals surface area contributed by atoms with Crippen LogP contribution in [0.25, 0.3) is 0 Å². The molecule has 0 aliphatic rings. The van der Waals surface area contributed by atoms with Gasteiger partial charge in [0, 0.05) is 39.6 Å². The molecule has 0 fully saturated rings. The first-order valence-electron chi connectivity index (χ1n) is 9.12. The van der Waals surface area contributed by atoms with Gasteiger partial charge in [0.1, 0.15) is 0 Å². The van der Waals surface area contributed by atoms with Crippen LogP contribution in [0, 0.1) is 13.8 Å². The lowest BCUT2D eigenvalue weighted by Crippen LogP contribution is -2.45. The molecule has 0 saturated carbocycles. The Morgan fingerprint density at radius 1 is 1.20 bits per heavy atom. The number of nitrogens with one attached hydrogen (secondary N) is 1. The molecule has 30 heavy (non-hydrogen) atoms. The molecule has 1 aromatic carbocycles. The van der Waals surface area contributed by atoms with E-state index in [0.717, 1.165) is 26.2 Å². The Morgan fingerprint density at radius 3 is 2.50 bits per heavy atom. The smallest absolute Gasteiger partial charge is 0.330 e. The highest BCUT2D eigenvalue weighted by Gasteiger charge is 2.30. The second-order valence-corrected chi connectivity index (χ2v) is 8.78. The van der Waals surface area contributed by atoms with Crippen LogP contribution in [0.15, 0.2) is 38.9 Å². The molecular formula is C19H26N4O6S. The van der Waals surface area contributed by atoms with Crippen molar-refractivity contribution < 1.29 is 17.9 Å². The molecule has 0 atom stereocenters. The topological polar surface area (TPSA) is 120 Å². The standard InChI is InChI=1S/C19H26N4O6S/c1-13-7-6-8-15(14(13)2)20-17(24)12-23(9-10-29-5)30(27,28)16-11-21(3)19(26)22(4)18(16)25/h6-8,11H,9-10,12H2,1-5H3,(H,20,24). The Kier molecular flexibility index (Phi) is 7.34. The fourth-order valence-electron chi connectivity index (χ4n) is 2.80. The maximum atomic E-state index is 13.1. The van der Waals surface area contributed by atoms with Gasteiger partial charge in [-0.3, -0.25) is 14.2 Å². The van der Waals surface area contributed by atoms with Crippen LogP contribution >= 0.6 is 0 Å². The number of hydrogen-bond acceptors (Lipinski definition) is 6. The highest BCUT2D eigenvalue weighted by atomic mass is 32.2. The van der Waals surface area contributed by atoms with E-state index in [2.05, 4.69) is 5.32 Å². The first kappa shape index (κ1) is 23.5. The van der Waals surface area contributed by atoms with Crippen molar-refractivity contribution in [1.82, 2.24) is 13.4 Å². The summed E-state index contributed by atoms with van der Waals surface area (Å²) in [5.74, 6) is -0.565. The number of amides is 1. The number of ether oxygens (including phenoxy) is 1. The molecule has 1 heterocycles. The molecule has 1 amide bonds. The van der Waals surface area contributed by atoms with E-state index in [0.29, 0.717) is 10.3 Å². The van der Waals surface area contributed by atoms with Crippen molar-refractivity contribution in [2.75, 3.05) is 32.1 Å². The summed E-state index contributed by atoms with van der Waals surface area (Å²) >= 11 is 0. The van der Waals surface area contributed by atoms with Gasteiger partial charge in [0.25, 0.3) is 15.6 Å². The Morgan fingerprint density at radius 2 is 1.87 bits per heavy atom. The minimum Gasteiger partial charge on any atom is -0.383 e. The summed E-state index contributed by atoms with van der Waals surface area (Å²) in [7, 11) is -0.445. The third-order valence-corrected chi connectivity index (χ3v) is 6.60. The largest absolute Gasteiger partial charge is 0.383 e. The number of methoxy groups -OCH3 is 1. The Balaban J connectivity index is 2.39. The summed E-state index contributed by atoms with van der Waals surface area (Å²) in [6.07, 6.45) is 0.961. The van der Waals surface area contributed by atoms with Gasteiger partial charge in [-0.05, 0) is 31.0 Å². The van der Waals surface area contributed by atoms with Crippen LogP contribution in [0.5, 0.6) is 0 Å². The third-order valence-electron chi connectivity index (χ3n) is 4.78. The molecule has 0 spiro atoms. The van der Waals surface area contributed by atoms with Crippen LogP contribution in [0.2, 0.25) is 0 Å². The summed E-state index contributed by atoms with van der Waals surface area (Å²) in [6.45, 7) is 3.09. The lowest BCUT2D eigenvalue weighted by atomic mass is 10.1. The summed E-state index contributed by atoms with van der Waals surface area (Å²) in [6, 6.07) is 5.40. The van der Waals surface area contributed by atoms with Crippen LogP contribution in [-0.2, 0) is 33.7 Å². The number of rotatable bonds is 8. The molecule has 1 N–H and O–H groups in total. The van der Waals surface area contributed by atoms with Gasteiger partial charge in [-0.25, -0.2) is 13.2 Å². The molecule has 0 bridgehead atoms. The van der Waals surface area contributed by atoms with E-state index in [1.165, 1.54) is 21.2 Å². The second-order valence-electron chi connectivity index (χ2n) is 6.88. The van der Waals surface area contributed by atoms with Crippen molar-refractivity contribution in [3.8, 4) is 0 Å². The molecule has 2 rings (SSSR count). The van der Waals surface area contributed by atoms with Crippen molar-refractivity contribution in [2.45, 2.75) is 18.7 Å². The van der Waals surface area contributed by atoms with Crippen LogP contribution in [0.4, 0.5) is 5.69 Å². The summed E-state index contributed by atoms with van der Waals surface area (Å²) in [5.41, 5.74) is 0.794. The number of benzene rings is 1. The van der Waals surface area contributed by atoms with Gasteiger partial charge in [0.2, 0.25) is 5.91 Å². The summed E-state index contributed by atoms with van der Waals surface area (Å²) in [4.78, 5) is 36.3. The van der Waals surface area contributed by atoms with E-state index in [-0.39, 0.29) is 13.2 Å². The molecule has 0 unspecified atom stereocenters. The maximum Gasteiger partial charge on any atom is 0.330 e. The number of sulfonamides is 1. The van der Waals surface area contributed by atoms with Crippen LogP contribution in [0.3, 0.4) is 0 Å². The Bertz CT molecular complexity index is 1170. The van der Waals surface area contributed by atoms with E-state index in [4.69, 9.17) is 4.74 Å². The van der Waals surface area contributed by atoms with E-state index in [1.807, 2.05) is 19.9 Å². The highest BCUT2D eigenvalue weighted by molar-refractivity contribution is 7.89. The molecule has 0 aliphatic carbocycles. The van der Waals surface area contributed by atoms with Gasteiger partial charge in [-0.15, -0.1) is 0 Å². The molecule has 10 nitrogen and oxygen atoms in total. The van der Waals surface area contributed by atoms with Gasteiger partial charge < -0.3 is 14.6 Å². The SMILES string of the molecule is COCCN(CC(=O)Nc1cccc(C)c1C)S(=O)(=O)c1cn(C)c(=O)n(C)c1=O. The lowest BCUT2D eigenvalue weighted by molar-refractivity contribution is -0.116. The van der Waals surface area contributed by atoms with Crippen LogP contribution < -0.4 is 16.6 Å². The molecule has 1 aromatic heterocycles. The average Bonchev–Trinajstić information content (AvgIpc) is 2.69. The predicted octanol–water partition coefficient (Wildman–Crippen LogP) is -0.0234. The molecule has 0 radical (unpaired) electrons. The number of carbonyl (C=O) groups is 1. The van der Waals surface area contributed by atoms with E-state index < -0.39 is 38.6 Å². The number of carbonyl (C=O) groups excluding carboxylic acids is 1. The zero-order chi connectivity index (χ0) is 22.6. The number of aromatic nitrogens is 2. The van der Waals surface area contributed by atoms with Gasteiger partial charge in [-0.2, -0.15) is 4.31 Å². The molecule has 2 aromatic rings. The van der Waals surface area contributed by atoms with Crippen molar-refractivity contribution >= 4 is 21.6 Å². The summed E-state index contributed by atoms with van der Waals surface area (Å²) < 4.78 is 33.8. The van der Waals surface area contributed by atoms with Gasteiger partial charge in [0.05, 0.1) is 13.2 Å². The minimum atomic E-state index is -4.37. The van der Waals surface area contributed by atoms with Crippen LogP contribution in [0.1, 0.15) is 11.1 Å². The molecule has 0 saturated heterocycles. The lowest BCUT2D eigenvalue weighted by Gasteiger charge is -2.22. The number of anilines is 1. The second kappa shape index (κ2) is 9.37. The third kappa shape index (κ3) is 4.86. The predicted molar refractivity (Wildman–Crippen MR) is 112 cm³/mol. The van der Waals surface area contributed by atoms with E-state index >= 15 is 0 Å². The van der Waals surface area contributed by atoms with Crippen molar-refractivity contribution in [2.24, 2.45) is 14.1 Å². The zero-order valence-corrected chi connectivity index (χ0v) is 18.4. The molecule has 11 heteroatoms. The summed E-state index contributed by atoms with van der Waals surface area (Å²) in [5, 5.41) is 2.70. The molecule has 164 valence electrons. The number of nitrogens with zero attached hydrogens (tertiary/aromatic N) is 3. The molecular weight excluding hydrogens is 412 g/mol. The van der Waals surface area contributed by atoms with Gasteiger partial charge in [0.15, 0.2) is 4.90 Å². The van der Waals surface area contributed by atoms with E-state index in [9.17, 15) is 22.8 Å². The highest BCUT2D eigenvalue weighted by Crippen LogP contribution is 2.18. The first-order chi connectivity index (χ1) is 14.0. The average molecular weight is 439 g/mol. The maximum absolute atomic E-state index is 13.1. The quantitative estimate of drug-likeness (QED) is 0.618. The normalized spacial score (nSPS) is 11.7. The number of hydrogen-bond donors (Lipinski definition) is 1. The van der Waals surface area contributed by atoms with Gasteiger partial charge >= 0.3 is 5.69 Å². The monoisotopic (exact) mass is 438 g/mol. The van der Waals surface area contributed by atoms with Crippen molar-refractivity contribution in [3.63, 3.8) is 0 Å². The van der Waals surface area contributed by atoms with E-state index in [1.54, 1.807) is 12.1 Å². The van der Waals surface area contributed by atoms with Crippen molar-refractivity contribution in [1.29, 1.82) is 0 Å². The molecule has 0 aliphatic heterocycles. The number of aryl methyl sites for hydroxylation is 2. The fraction of sp³-hybridized carbons (Fsp3) is 0.421. The Labute approximate surface area is 174 Å². The van der Waals surface area contributed by atoms with Crippen molar-refractivity contribution in [3.05, 3.63) is 56.4 Å². The zero-order valence-electron chi connectivity index (χ0n) is 17.6. The van der Waals surface area contributed by atoms with Gasteiger partial charge in [-0.1, -0.05) is 12.1 Å². The first-order valence-corrected chi connectivity index (χ1v) is 10.6. The fourth-order valence-corrected chi connectivity index (χ4v) is 4.33. The minimum absolute atomic E-state index is 0.0159.